The van der Waals surface area contributed by atoms with Gasteiger partial charge in [0.05, 0.1) is 33.9 Å². The highest BCUT2D eigenvalue weighted by Gasteiger charge is 2.16. The van der Waals surface area contributed by atoms with Crippen LogP contribution in [0.2, 0.25) is 0 Å². The molecule has 6 rings (SSSR count). The summed E-state index contributed by atoms with van der Waals surface area (Å²) in [7, 11) is 0. The standard InChI is InChI=1S/C14H15N5OS.C13H14N6O.H3N/c1-4-19-12-9(8(2)16-14(17-12)21-3)7-10(13(19)20)11-5-6-15-18-11;1-3-19-11-8(7(2)16-13(14)17-11)6-9(12(19)20)10-4-5-15-18-10;/h5-7H,4H2,1-3H3,(H,15,18);4-6H,3H2,1-2H3,(H,15,18)(H2,14,16,17);1H3. The smallest absolute Gasteiger partial charge is 0.261 e. The van der Waals surface area contributed by atoms with E-state index in [0.717, 1.165) is 22.2 Å². The Morgan fingerprint density at radius 1 is 0.786 bits per heavy atom. The van der Waals surface area contributed by atoms with Gasteiger partial charge in [0, 0.05) is 36.3 Å². The summed E-state index contributed by atoms with van der Waals surface area (Å²) in [5.41, 5.74) is 10.9. The highest BCUT2D eigenvalue weighted by atomic mass is 32.2. The number of nitrogens with zero attached hydrogens (tertiary/aromatic N) is 8. The molecule has 0 atom stereocenters. The maximum atomic E-state index is 12.7. The number of nitrogens with one attached hydrogen (secondary N) is 2. The van der Waals surface area contributed by atoms with Gasteiger partial charge in [0.2, 0.25) is 5.95 Å². The maximum absolute atomic E-state index is 12.7. The molecule has 0 fully saturated rings. The van der Waals surface area contributed by atoms with Gasteiger partial charge in [-0.25, -0.2) is 15.0 Å². The number of nitrogens with two attached hydrogens (primary N) is 1. The van der Waals surface area contributed by atoms with Crippen LogP contribution >= 0.6 is 11.8 Å². The summed E-state index contributed by atoms with van der Waals surface area (Å²) in [4.78, 5) is 42.5. The minimum absolute atomic E-state index is 0. The molecule has 0 aliphatic heterocycles. The van der Waals surface area contributed by atoms with Gasteiger partial charge in [-0.15, -0.1) is 0 Å². The van der Waals surface area contributed by atoms with Crippen LogP contribution in [0.4, 0.5) is 5.95 Å². The number of pyridine rings is 2. The quantitative estimate of drug-likeness (QED) is 0.169. The van der Waals surface area contributed by atoms with E-state index in [1.165, 1.54) is 11.8 Å². The van der Waals surface area contributed by atoms with Crippen LogP contribution < -0.4 is 23.0 Å². The first-order valence-corrected chi connectivity index (χ1v) is 14.1. The topological polar surface area (TPSA) is 214 Å². The number of hydrogen-bond acceptors (Lipinski definition) is 11. The van der Waals surface area contributed by atoms with E-state index in [2.05, 4.69) is 40.3 Å². The Balaban J connectivity index is 0.000000189. The van der Waals surface area contributed by atoms with Crippen LogP contribution in [0, 0.1) is 13.8 Å². The predicted molar refractivity (Wildman–Crippen MR) is 165 cm³/mol. The molecule has 218 valence electrons. The molecular weight excluding hydrogens is 556 g/mol. The van der Waals surface area contributed by atoms with E-state index in [4.69, 9.17) is 5.73 Å². The lowest BCUT2D eigenvalue weighted by Crippen LogP contribution is -2.23. The molecule has 0 aromatic carbocycles. The van der Waals surface area contributed by atoms with Crippen molar-refractivity contribution in [3.05, 3.63) is 68.8 Å². The monoisotopic (exact) mass is 588 g/mol. The average molecular weight is 589 g/mol. The lowest BCUT2D eigenvalue weighted by Gasteiger charge is -2.12. The SMILES string of the molecule is CCn1c(=O)c(-c2ccn[nH]2)cc2c(C)nc(N)nc21.CCn1c(=O)c(-c2ccn[nH]2)cc2c(C)nc(SC)nc21.N. The number of H-pyrrole nitrogens is 2. The van der Waals surface area contributed by atoms with Crippen LogP contribution in [0.15, 0.2) is 51.4 Å². The van der Waals surface area contributed by atoms with Crippen molar-refractivity contribution in [2.75, 3.05) is 12.0 Å². The van der Waals surface area contributed by atoms with Gasteiger partial charge in [0.1, 0.15) is 11.3 Å². The van der Waals surface area contributed by atoms with E-state index in [-0.39, 0.29) is 23.2 Å². The summed E-state index contributed by atoms with van der Waals surface area (Å²) in [6, 6.07) is 7.17. The molecule has 7 N–H and O–H groups in total. The number of anilines is 1. The predicted octanol–water partition coefficient (Wildman–Crippen LogP) is 3.49. The van der Waals surface area contributed by atoms with Crippen LogP contribution in [0.3, 0.4) is 0 Å². The van der Waals surface area contributed by atoms with Crippen molar-refractivity contribution in [3.8, 4) is 22.5 Å². The molecule has 42 heavy (non-hydrogen) atoms. The molecule has 6 heterocycles. The third-order valence-electron chi connectivity index (χ3n) is 6.67. The van der Waals surface area contributed by atoms with E-state index >= 15 is 0 Å². The lowest BCUT2D eigenvalue weighted by atomic mass is 10.1. The Bertz CT molecular complexity index is 1980. The summed E-state index contributed by atoms with van der Waals surface area (Å²) in [5, 5.41) is 15.8. The van der Waals surface area contributed by atoms with E-state index in [9.17, 15) is 9.59 Å². The Morgan fingerprint density at radius 2 is 1.26 bits per heavy atom. The van der Waals surface area contributed by atoms with Crippen molar-refractivity contribution in [2.45, 2.75) is 45.9 Å². The second-order valence-electron chi connectivity index (χ2n) is 9.09. The molecule has 0 saturated carbocycles. The molecule has 0 aliphatic carbocycles. The average Bonchev–Trinajstić information content (AvgIpc) is 3.68. The molecule has 6 aromatic heterocycles. The third kappa shape index (κ3) is 5.38. The second-order valence-corrected chi connectivity index (χ2v) is 9.87. The van der Waals surface area contributed by atoms with Gasteiger partial charge in [-0.2, -0.15) is 15.2 Å². The van der Waals surface area contributed by atoms with Gasteiger partial charge < -0.3 is 11.9 Å². The van der Waals surface area contributed by atoms with Crippen LogP contribution in [0.25, 0.3) is 44.6 Å². The number of fused-ring (bicyclic) bond motifs is 2. The van der Waals surface area contributed by atoms with E-state index in [1.807, 2.05) is 40.0 Å². The highest BCUT2D eigenvalue weighted by Crippen LogP contribution is 2.23. The second kappa shape index (κ2) is 12.3. The fourth-order valence-electron chi connectivity index (χ4n) is 4.65. The van der Waals surface area contributed by atoms with Crippen molar-refractivity contribution in [3.63, 3.8) is 0 Å². The van der Waals surface area contributed by atoms with Gasteiger partial charge in [0.15, 0.2) is 5.16 Å². The van der Waals surface area contributed by atoms with Crippen LogP contribution in [0.5, 0.6) is 0 Å². The summed E-state index contributed by atoms with van der Waals surface area (Å²) < 4.78 is 3.27. The van der Waals surface area contributed by atoms with Crippen LogP contribution in [-0.4, -0.2) is 55.7 Å². The molecule has 6 aromatic rings. The first-order valence-electron chi connectivity index (χ1n) is 12.9. The summed E-state index contributed by atoms with van der Waals surface area (Å²) in [6.07, 6.45) is 5.17. The number of nitrogen functional groups attached to an aromatic ring is 1. The first kappa shape index (κ1) is 30.1. The zero-order valence-corrected chi connectivity index (χ0v) is 24.8. The molecule has 0 spiro atoms. The molecule has 15 heteroatoms. The molecule has 0 amide bonds. The largest absolute Gasteiger partial charge is 0.368 e. The number of aromatic amines is 2. The van der Waals surface area contributed by atoms with Crippen LogP contribution in [-0.2, 0) is 13.1 Å². The molecule has 14 nitrogen and oxygen atoms in total. The van der Waals surface area contributed by atoms with E-state index < -0.39 is 0 Å². The Labute approximate surface area is 244 Å². The molecule has 0 unspecified atom stereocenters. The van der Waals surface area contributed by atoms with E-state index in [0.29, 0.717) is 52.1 Å². The summed E-state index contributed by atoms with van der Waals surface area (Å²) in [5.74, 6) is 0.172. The molecule has 0 radical (unpaired) electrons. The first-order chi connectivity index (χ1) is 19.8. The minimum atomic E-state index is -0.123. The molecule has 0 saturated heterocycles. The number of aromatic nitrogens is 10. The van der Waals surface area contributed by atoms with Gasteiger partial charge in [0.25, 0.3) is 11.1 Å². The number of rotatable bonds is 5. The van der Waals surface area contributed by atoms with Gasteiger partial charge in [-0.3, -0.25) is 28.9 Å². The van der Waals surface area contributed by atoms with Crippen molar-refractivity contribution < 1.29 is 0 Å². The lowest BCUT2D eigenvalue weighted by molar-refractivity contribution is 0.740. The Hall–Kier alpha value is -4.89. The Morgan fingerprint density at radius 3 is 1.69 bits per heavy atom. The zero-order valence-electron chi connectivity index (χ0n) is 24.0. The number of aryl methyl sites for hydroxylation is 4. The van der Waals surface area contributed by atoms with Crippen LogP contribution in [0.1, 0.15) is 25.2 Å². The number of thioether (sulfide) groups is 1. The maximum Gasteiger partial charge on any atom is 0.261 e. The van der Waals surface area contributed by atoms with Gasteiger partial charge in [-0.05, 0) is 58.2 Å². The van der Waals surface area contributed by atoms with Crippen molar-refractivity contribution in [1.29, 1.82) is 0 Å². The fourth-order valence-corrected chi connectivity index (χ4v) is 5.06. The number of hydrogen-bond donors (Lipinski definition) is 4. The zero-order chi connectivity index (χ0) is 29.3. The van der Waals surface area contributed by atoms with Gasteiger partial charge in [-0.1, -0.05) is 11.8 Å². The van der Waals surface area contributed by atoms with Crippen molar-refractivity contribution in [2.24, 2.45) is 0 Å². The van der Waals surface area contributed by atoms with E-state index in [1.54, 1.807) is 39.7 Å². The summed E-state index contributed by atoms with van der Waals surface area (Å²) >= 11 is 1.47. The van der Waals surface area contributed by atoms with Gasteiger partial charge >= 0.3 is 0 Å². The fraction of sp³-hybridized carbons (Fsp3) is 0.259. The van der Waals surface area contributed by atoms with Crippen molar-refractivity contribution >= 4 is 39.8 Å². The normalized spacial score (nSPS) is 10.9. The van der Waals surface area contributed by atoms with Crippen molar-refractivity contribution in [1.82, 2.24) is 55.6 Å². The molecule has 0 aliphatic rings. The highest BCUT2D eigenvalue weighted by molar-refractivity contribution is 7.98. The minimum Gasteiger partial charge on any atom is -0.368 e. The summed E-state index contributed by atoms with van der Waals surface area (Å²) in [6.45, 7) is 8.68. The molecular formula is C27H32N12O2S. The Kier molecular flexibility index (Phi) is 8.82. The third-order valence-corrected chi connectivity index (χ3v) is 7.21. The molecule has 0 bridgehead atoms.